The lowest BCUT2D eigenvalue weighted by atomic mass is 10.0. The van der Waals surface area contributed by atoms with Crippen LogP contribution < -0.4 is 10.6 Å². The van der Waals surface area contributed by atoms with Crippen LogP contribution in [0, 0.1) is 13.8 Å². The third-order valence-corrected chi connectivity index (χ3v) is 6.03. The van der Waals surface area contributed by atoms with Crippen LogP contribution in [-0.2, 0) is 19.1 Å². The first-order chi connectivity index (χ1) is 16.7. The number of para-hydroxylation sites is 1. The molecule has 0 spiro atoms. The summed E-state index contributed by atoms with van der Waals surface area (Å²) in [5.41, 5.74) is 2.91. The number of carbonyl (C=O) groups excluding carboxylic acids is 4. The van der Waals surface area contributed by atoms with Crippen molar-refractivity contribution in [3.05, 3.63) is 70.1 Å². The van der Waals surface area contributed by atoms with E-state index in [4.69, 9.17) is 9.47 Å². The molecule has 2 amide bonds. The van der Waals surface area contributed by atoms with Gasteiger partial charge in [-0.2, -0.15) is 0 Å². The standard InChI is InChI=1S/C26H26N2O6S/c1-5-33-26(32)22-21(18-11-7-6-8-12-18)16(3)35-24(22)28-20(30)14-34-25(31)19-13-9-10-15(2)23(19)27-17(4)29/h6-13H,5,14H2,1-4H3,(H,27,29)(H,28,30). The van der Waals surface area contributed by atoms with Crippen LogP contribution in [0.3, 0.4) is 0 Å². The molecule has 0 aliphatic carbocycles. The van der Waals surface area contributed by atoms with E-state index in [9.17, 15) is 19.2 Å². The van der Waals surface area contributed by atoms with Crippen LogP contribution in [0.2, 0.25) is 0 Å². The summed E-state index contributed by atoms with van der Waals surface area (Å²) in [4.78, 5) is 50.4. The summed E-state index contributed by atoms with van der Waals surface area (Å²) in [7, 11) is 0. The molecule has 0 unspecified atom stereocenters. The van der Waals surface area contributed by atoms with Gasteiger partial charge >= 0.3 is 11.9 Å². The Hall–Kier alpha value is -3.98. The fraction of sp³-hybridized carbons (Fsp3) is 0.231. The molecule has 182 valence electrons. The highest BCUT2D eigenvalue weighted by Crippen LogP contribution is 2.40. The Morgan fingerprint density at radius 2 is 1.60 bits per heavy atom. The largest absolute Gasteiger partial charge is 0.462 e. The van der Waals surface area contributed by atoms with Crippen molar-refractivity contribution in [2.75, 3.05) is 23.8 Å². The molecule has 8 nitrogen and oxygen atoms in total. The number of amides is 2. The first-order valence-electron chi connectivity index (χ1n) is 10.9. The average molecular weight is 495 g/mol. The van der Waals surface area contributed by atoms with E-state index < -0.39 is 24.5 Å². The minimum Gasteiger partial charge on any atom is -0.462 e. The van der Waals surface area contributed by atoms with Gasteiger partial charge in [-0.1, -0.05) is 42.5 Å². The number of esters is 2. The van der Waals surface area contributed by atoms with E-state index in [1.165, 1.54) is 24.3 Å². The lowest BCUT2D eigenvalue weighted by molar-refractivity contribution is -0.119. The molecule has 0 aliphatic rings. The van der Waals surface area contributed by atoms with Crippen molar-refractivity contribution < 1.29 is 28.7 Å². The zero-order valence-corrected chi connectivity index (χ0v) is 20.7. The maximum absolute atomic E-state index is 12.8. The van der Waals surface area contributed by atoms with Crippen LogP contribution in [0.5, 0.6) is 0 Å². The van der Waals surface area contributed by atoms with E-state index in [2.05, 4.69) is 10.6 Å². The third kappa shape index (κ3) is 6.13. The van der Waals surface area contributed by atoms with Gasteiger partial charge in [-0.3, -0.25) is 9.59 Å². The molecule has 1 heterocycles. The number of thiophene rings is 1. The molecular weight excluding hydrogens is 468 g/mol. The zero-order chi connectivity index (χ0) is 25.5. The van der Waals surface area contributed by atoms with Crippen LogP contribution in [0.15, 0.2) is 48.5 Å². The number of rotatable bonds is 8. The van der Waals surface area contributed by atoms with Crippen LogP contribution >= 0.6 is 11.3 Å². The van der Waals surface area contributed by atoms with Crippen LogP contribution in [0.1, 0.15) is 45.0 Å². The molecule has 0 atom stereocenters. The maximum atomic E-state index is 12.8. The van der Waals surface area contributed by atoms with Gasteiger partial charge < -0.3 is 20.1 Å². The maximum Gasteiger partial charge on any atom is 0.341 e. The molecule has 9 heteroatoms. The predicted octanol–water partition coefficient (Wildman–Crippen LogP) is 4.96. The average Bonchev–Trinajstić information content (AvgIpc) is 3.14. The SMILES string of the molecule is CCOC(=O)c1c(NC(=O)COC(=O)c2cccc(C)c2NC(C)=O)sc(C)c1-c1ccccc1. The molecular formula is C26H26N2O6S. The first kappa shape index (κ1) is 25.6. The molecule has 2 N–H and O–H groups in total. The van der Waals surface area contributed by atoms with Gasteiger partial charge in [0.05, 0.1) is 17.9 Å². The molecule has 0 saturated heterocycles. The number of ether oxygens (including phenoxy) is 2. The molecule has 0 saturated carbocycles. The molecule has 0 radical (unpaired) electrons. The lowest BCUT2D eigenvalue weighted by Gasteiger charge is -2.13. The summed E-state index contributed by atoms with van der Waals surface area (Å²) in [6.07, 6.45) is 0. The second-order valence-corrected chi connectivity index (χ2v) is 8.85. The Morgan fingerprint density at radius 1 is 0.886 bits per heavy atom. The molecule has 1 aromatic heterocycles. The fourth-order valence-corrected chi connectivity index (χ4v) is 4.62. The van der Waals surface area contributed by atoms with E-state index in [1.807, 2.05) is 37.3 Å². The van der Waals surface area contributed by atoms with Gasteiger partial charge in [0.25, 0.3) is 5.91 Å². The Kier molecular flexibility index (Phi) is 8.38. The van der Waals surface area contributed by atoms with E-state index in [0.717, 1.165) is 10.4 Å². The quantitative estimate of drug-likeness (QED) is 0.428. The molecule has 3 rings (SSSR count). The fourth-order valence-electron chi connectivity index (χ4n) is 3.53. The van der Waals surface area contributed by atoms with Gasteiger partial charge in [0.15, 0.2) is 6.61 Å². The zero-order valence-electron chi connectivity index (χ0n) is 19.9. The van der Waals surface area contributed by atoms with E-state index in [1.54, 1.807) is 26.0 Å². The van der Waals surface area contributed by atoms with Crippen LogP contribution in [0.4, 0.5) is 10.7 Å². The number of benzene rings is 2. The van der Waals surface area contributed by atoms with E-state index >= 15 is 0 Å². The van der Waals surface area contributed by atoms with Crippen molar-refractivity contribution in [2.45, 2.75) is 27.7 Å². The van der Waals surface area contributed by atoms with Gasteiger partial charge in [0, 0.05) is 17.4 Å². The monoisotopic (exact) mass is 494 g/mol. The van der Waals surface area contributed by atoms with Crippen molar-refractivity contribution in [2.24, 2.45) is 0 Å². The van der Waals surface area contributed by atoms with Gasteiger partial charge in [-0.25, -0.2) is 9.59 Å². The van der Waals surface area contributed by atoms with Crippen molar-refractivity contribution in [1.82, 2.24) is 0 Å². The summed E-state index contributed by atoms with van der Waals surface area (Å²) in [5, 5.41) is 5.61. The highest BCUT2D eigenvalue weighted by molar-refractivity contribution is 7.17. The third-order valence-electron chi connectivity index (χ3n) is 5.01. The van der Waals surface area contributed by atoms with Gasteiger partial charge in [-0.05, 0) is 38.0 Å². The summed E-state index contributed by atoms with van der Waals surface area (Å²) < 4.78 is 10.4. The second-order valence-electron chi connectivity index (χ2n) is 7.63. The van der Waals surface area contributed by atoms with Gasteiger partial charge in [0.2, 0.25) is 5.91 Å². The second kappa shape index (κ2) is 11.4. The first-order valence-corrected chi connectivity index (χ1v) is 11.7. The predicted molar refractivity (Wildman–Crippen MR) is 135 cm³/mol. The smallest absolute Gasteiger partial charge is 0.341 e. The Morgan fingerprint density at radius 3 is 2.26 bits per heavy atom. The summed E-state index contributed by atoms with van der Waals surface area (Å²) >= 11 is 1.24. The highest BCUT2D eigenvalue weighted by atomic mass is 32.1. The summed E-state index contributed by atoms with van der Waals surface area (Å²) in [5.74, 6) is -2.26. The Labute approximate surface area is 207 Å². The number of hydrogen-bond donors (Lipinski definition) is 2. The number of aryl methyl sites for hydroxylation is 2. The molecule has 0 aliphatic heterocycles. The van der Waals surface area contributed by atoms with Crippen molar-refractivity contribution >= 4 is 45.8 Å². The summed E-state index contributed by atoms with van der Waals surface area (Å²) in [6, 6.07) is 14.3. The molecule has 3 aromatic rings. The van der Waals surface area contributed by atoms with Crippen molar-refractivity contribution in [1.29, 1.82) is 0 Å². The number of anilines is 2. The normalized spacial score (nSPS) is 10.4. The molecule has 0 bridgehead atoms. The van der Waals surface area contributed by atoms with E-state index in [-0.39, 0.29) is 23.6 Å². The Bertz CT molecular complexity index is 1270. The number of nitrogens with one attached hydrogen (secondary N) is 2. The van der Waals surface area contributed by atoms with Crippen molar-refractivity contribution in [3.63, 3.8) is 0 Å². The van der Waals surface area contributed by atoms with Gasteiger partial charge in [0.1, 0.15) is 10.6 Å². The Balaban J connectivity index is 1.80. The van der Waals surface area contributed by atoms with E-state index in [0.29, 0.717) is 21.8 Å². The highest BCUT2D eigenvalue weighted by Gasteiger charge is 2.26. The molecule has 2 aromatic carbocycles. The lowest BCUT2D eigenvalue weighted by Crippen LogP contribution is -2.22. The minimum atomic E-state index is -0.759. The minimum absolute atomic E-state index is 0.138. The van der Waals surface area contributed by atoms with Crippen LogP contribution in [0.25, 0.3) is 11.1 Å². The number of hydrogen-bond acceptors (Lipinski definition) is 7. The molecule has 35 heavy (non-hydrogen) atoms. The topological polar surface area (TPSA) is 111 Å². The van der Waals surface area contributed by atoms with Crippen molar-refractivity contribution in [3.8, 4) is 11.1 Å². The van der Waals surface area contributed by atoms with Gasteiger partial charge in [-0.15, -0.1) is 11.3 Å². The number of carbonyl (C=O) groups is 4. The molecule has 0 fully saturated rings. The summed E-state index contributed by atoms with van der Waals surface area (Å²) in [6.45, 7) is 6.24. The van der Waals surface area contributed by atoms with Crippen LogP contribution in [-0.4, -0.2) is 37.0 Å².